The van der Waals surface area contributed by atoms with Crippen molar-refractivity contribution < 1.29 is 0 Å². The van der Waals surface area contributed by atoms with Gasteiger partial charge < -0.3 is 4.98 Å². The molecule has 2 aliphatic carbocycles. The highest BCUT2D eigenvalue weighted by atomic mass is 16.1. The van der Waals surface area contributed by atoms with Crippen molar-refractivity contribution in [3.05, 3.63) is 75.7 Å². The molecule has 9 heteroatoms. The number of nitrogens with one attached hydrogen (secondary N) is 1. The normalized spacial score (nSPS) is 20.8. The molecule has 0 aliphatic heterocycles. The lowest BCUT2D eigenvalue weighted by atomic mass is 9.72. The third-order valence-electron chi connectivity index (χ3n) is 6.88. The quantitative estimate of drug-likeness (QED) is 0.506. The first-order chi connectivity index (χ1) is 16.1. The summed E-state index contributed by atoms with van der Waals surface area (Å²) in [6.45, 7) is 1.98. The van der Waals surface area contributed by atoms with E-state index in [1.54, 1.807) is 23.1 Å². The van der Waals surface area contributed by atoms with Gasteiger partial charge in [0.25, 0.3) is 5.56 Å². The van der Waals surface area contributed by atoms with Crippen LogP contribution in [0.3, 0.4) is 0 Å². The number of fused-ring (bicyclic) bond motifs is 1. The van der Waals surface area contributed by atoms with Gasteiger partial charge in [-0.25, -0.2) is 19.6 Å². The molecule has 33 heavy (non-hydrogen) atoms. The highest BCUT2D eigenvalue weighted by molar-refractivity contribution is 5.80. The Balaban J connectivity index is 1.41. The van der Waals surface area contributed by atoms with Crippen molar-refractivity contribution in [3.8, 4) is 6.07 Å². The van der Waals surface area contributed by atoms with Crippen LogP contribution in [0.25, 0.3) is 11.0 Å². The molecule has 0 spiro atoms. The van der Waals surface area contributed by atoms with Gasteiger partial charge in [0.15, 0.2) is 11.3 Å². The van der Waals surface area contributed by atoms with Gasteiger partial charge in [0.2, 0.25) is 0 Å². The SMILES string of the molecule is CC(c1ccc(C2CC2)nc1)n1nc(C#N)c2c(=O)[nH]c([C@H]3CC[C@H]3c3ncccn3)nc21. The molecule has 6 rings (SSSR count). The molecule has 0 radical (unpaired) electrons. The zero-order chi connectivity index (χ0) is 22.5. The number of pyridine rings is 1. The third kappa shape index (κ3) is 3.30. The Labute approximate surface area is 189 Å². The molecule has 2 aliphatic rings. The van der Waals surface area contributed by atoms with Crippen molar-refractivity contribution in [2.24, 2.45) is 0 Å². The lowest BCUT2D eigenvalue weighted by Gasteiger charge is -2.34. The highest BCUT2D eigenvalue weighted by Crippen LogP contribution is 2.46. The van der Waals surface area contributed by atoms with E-state index in [-0.39, 0.29) is 34.5 Å². The topological polar surface area (TPSA) is 126 Å². The molecule has 0 amide bonds. The fourth-order valence-corrected chi connectivity index (χ4v) is 4.65. The molecule has 3 atom stereocenters. The van der Waals surface area contributed by atoms with Gasteiger partial charge in [-0.2, -0.15) is 10.4 Å². The Morgan fingerprint density at radius 3 is 2.55 bits per heavy atom. The first-order valence-corrected chi connectivity index (χ1v) is 11.3. The number of aromatic nitrogens is 7. The van der Waals surface area contributed by atoms with Gasteiger partial charge in [-0.1, -0.05) is 6.07 Å². The van der Waals surface area contributed by atoms with Gasteiger partial charge in [0.1, 0.15) is 23.1 Å². The fraction of sp³-hybridized carbons (Fsp3) is 0.375. The lowest BCUT2D eigenvalue weighted by Crippen LogP contribution is -2.28. The lowest BCUT2D eigenvalue weighted by molar-refractivity contribution is 0.319. The second-order valence-corrected chi connectivity index (χ2v) is 8.92. The van der Waals surface area contributed by atoms with E-state index in [1.165, 1.54) is 12.8 Å². The molecule has 9 nitrogen and oxygen atoms in total. The average Bonchev–Trinajstić information content (AvgIpc) is 3.59. The molecule has 2 saturated carbocycles. The zero-order valence-corrected chi connectivity index (χ0v) is 18.1. The third-order valence-corrected chi connectivity index (χ3v) is 6.88. The summed E-state index contributed by atoms with van der Waals surface area (Å²) >= 11 is 0. The Morgan fingerprint density at radius 2 is 1.91 bits per heavy atom. The molecular formula is C24H22N8O. The molecule has 0 saturated heterocycles. The molecule has 1 N–H and O–H groups in total. The van der Waals surface area contributed by atoms with Gasteiger partial charge in [-0.15, -0.1) is 0 Å². The molecule has 4 heterocycles. The summed E-state index contributed by atoms with van der Waals surface area (Å²) in [4.78, 5) is 34.1. The minimum Gasteiger partial charge on any atom is -0.310 e. The van der Waals surface area contributed by atoms with E-state index in [0.717, 1.165) is 29.9 Å². The maximum atomic E-state index is 13.0. The number of H-pyrrole nitrogens is 1. The average molecular weight is 438 g/mol. The maximum absolute atomic E-state index is 13.0. The van der Waals surface area contributed by atoms with Crippen molar-refractivity contribution >= 4 is 11.0 Å². The molecule has 2 fully saturated rings. The number of nitrogens with zero attached hydrogens (tertiary/aromatic N) is 7. The Hall–Kier alpha value is -3.93. The summed E-state index contributed by atoms with van der Waals surface area (Å²) in [5, 5.41) is 14.3. The minimum absolute atomic E-state index is 0.0215. The standard InChI is InChI=1S/C24H22N8O/c1-13(15-5-8-18(28-12-15)14-3-4-14)32-23-20(19(11-25)31-32)24(33)30-22(29-23)17-7-6-16(17)21-26-9-2-10-27-21/h2,5,8-10,12-14,16-17H,3-4,6-7H2,1H3,(H,29,30,33)/t13?,16-,17+/m1/s1. The predicted molar refractivity (Wildman–Crippen MR) is 120 cm³/mol. The number of nitriles is 1. The monoisotopic (exact) mass is 438 g/mol. The Morgan fingerprint density at radius 1 is 1.12 bits per heavy atom. The summed E-state index contributed by atoms with van der Waals surface area (Å²) in [6, 6.07) is 7.72. The first-order valence-electron chi connectivity index (χ1n) is 11.3. The summed E-state index contributed by atoms with van der Waals surface area (Å²) in [5.41, 5.74) is 2.23. The number of hydrogen-bond acceptors (Lipinski definition) is 7. The van der Waals surface area contributed by atoms with E-state index in [1.807, 2.05) is 19.2 Å². The molecular weight excluding hydrogens is 416 g/mol. The second kappa shape index (κ2) is 7.59. The first kappa shape index (κ1) is 19.7. The number of aromatic amines is 1. The molecule has 164 valence electrons. The van der Waals surface area contributed by atoms with E-state index in [9.17, 15) is 10.1 Å². The largest absolute Gasteiger partial charge is 0.310 e. The molecule has 4 aromatic rings. The Kier molecular flexibility index (Phi) is 4.54. The smallest absolute Gasteiger partial charge is 0.263 e. The van der Waals surface area contributed by atoms with Crippen LogP contribution in [0.2, 0.25) is 0 Å². The molecule has 0 aromatic carbocycles. The highest BCUT2D eigenvalue weighted by Gasteiger charge is 2.38. The van der Waals surface area contributed by atoms with Gasteiger partial charge in [-0.05, 0) is 50.3 Å². The summed E-state index contributed by atoms with van der Waals surface area (Å²) in [6.07, 6.45) is 9.55. The van der Waals surface area contributed by atoms with Crippen LogP contribution in [0, 0.1) is 11.3 Å². The molecule has 0 bridgehead atoms. The van der Waals surface area contributed by atoms with Gasteiger partial charge in [0, 0.05) is 42.0 Å². The second-order valence-electron chi connectivity index (χ2n) is 8.92. The van der Waals surface area contributed by atoms with Gasteiger partial charge in [-0.3, -0.25) is 9.78 Å². The van der Waals surface area contributed by atoms with Crippen LogP contribution in [0.15, 0.2) is 41.6 Å². The zero-order valence-electron chi connectivity index (χ0n) is 18.1. The van der Waals surface area contributed by atoms with Crippen LogP contribution in [0.4, 0.5) is 0 Å². The van der Waals surface area contributed by atoms with E-state index in [0.29, 0.717) is 17.4 Å². The Bertz CT molecular complexity index is 1430. The van der Waals surface area contributed by atoms with Crippen LogP contribution in [-0.2, 0) is 0 Å². The van der Waals surface area contributed by atoms with Gasteiger partial charge in [0.05, 0.1) is 6.04 Å². The van der Waals surface area contributed by atoms with Crippen LogP contribution in [-0.4, -0.2) is 34.7 Å². The number of hydrogen-bond donors (Lipinski definition) is 1. The van der Waals surface area contributed by atoms with Gasteiger partial charge >= 0.3 is 0 Å². The van der Waals surface area contributed by atoms with E-state index >= 15 is 0 Å². The van der Waals surface area contributed by atoms with E-state index in [2.05, 4.69) is 37.2 Å². The van der Waals surface area contributed by atoms with E-state index < -0.39 is 0 Å². The fourth-order valence-electron chi connectivity index (χ4n) is 4.65. The number of rotatable bonds is 5. The van der Waals surface area contributed by atoms with Crippen LogP contribution in [0.1, 0.15) is 85.0 Å². The summed E-state index contributed by atoms with van der Waals surface area (Å²) in [5.74, 6) is 2.06. The van der Waals surface area contributed by atoms with Crippen molar-refractivity contribution in [2.75, 3.05) is 0 Å². The van der Waals surface area contributed by atoms with Crippen LogP contribution in [0.5, 0.6) is 0 Å². The predicted octanol–water partition coefficient (Wildman–Crippen LogP) is 3.32. The van der Waals surface area contributed by atoms with Crippen molar-refractivity contribution in [2.45, 2.75) is 56.4 Å². The van der Waals surface area contributed by atoms with Crippen molar-refractivity contribution in [3.63, 3.8) is 0 Å². The van der Waals surface area contributed by atoms with Crippen molar-refractivity contribution in [1.82, 2.24) is 34.7 Å². The van der Waals surface area contributed by atoms with Crippen LogP contribution < -0.4 is 5.56 Å². The van der Waals surface area contributed by atoms with Crippen LogP contribution >= 0.6 is 0 Å². The van der Waals surface area contributed by atoms with E-state index in [4.69, 9.17) is 4.98 Å². The maximum Gasteiger partial charge on any atom is 0.263 e. The molecule has 4 aromatic heterocycles. The van der Waals surface area contributed by atoms with Crippen molar-refractivity contribution in [1.29, 1.82) is 5.26 Å². The molecule has 1 unspecified atom stereocenters. The summed E-state index contributed by atoms with van der Waals surface area (Å²) in [7, 11) is 0. The minimum atomic E-state index is -0.341. The summed E-state index contributed by atoms with van der Waals surface area (Å²) < 4.78 is 1.67.